The molecule has 0 atom stereocenters. The largest absolute Gasteiger partial charge is 0.447 e. The van der Waals surface area contributed by atoms with Crippen molar-refractivity contribution < 1.29 is 4.74 Å². The maximum absolute atomic E-state index is 6.42. The second-order valence-electron chi connectivity index (χ2n) is 10.4. The molecule has 0 bridgehead atoms. The van der Waals surface area contributed by atoms with Crippen LogP contribution in [0, 0.1) is 0 Å². The number of ether oxygens (including phenoxy) is 1. The Labute approximate surface area is 216 Å². The van der Waals surface area contributed by atoms with Crippen molar-refractivity contribution in [1.29, 1.82) is 0 Å². The van der Waals surface area contributed by atoms with E-state index in [1.165, 1.54) is 32.0 Å². The van der Waals surface area contributed by atoms with Crippen molar-refractivity contribution in [2.45, 2.75) is 26.2 Å². The lowest BCUT2D eigenvalue weighted by Crippen LogP contribution is -2.21. The number of fused-ring (bicyclic) bond motifs is 2. The molecule has 0 saturated carbocycles. The molecule has 0 aliphatic carbocycles. The van der Waals surface area contributed by atoms with E-state index in [0.717, 1.165) is 28.9 Å². The lowest BCUT2D eigenvalue weighted by atomic mass is 9.86. The second kappa shape index (κ2) is 8.68. The van der Waals surface area contributed by atoms with Gasteiger partial charge >= 0.3 is 0 Å². The van der Waals surface area contributed by atoms with Crippen LogP contribution in [0.1, 0.15) is 26.3 Å². The summed E-state index contributed by atoms with van der Waals surface area (Å²) in [4.78, 5) is 9.18. The maximum Gasteiger partial charge on any atom is 0.182 e. The zero-order valence-corrected chi connectivity index (χ0v) is 21.8. The summed E-state index contributed by atoms with van der Waals surface area (Å²) in [6.07, 6.45) is 6.10. The monoisotopic (exact) mass is 491 g/mol. The predicted octanol–water partition coefficient (Wildman–Crippen LogP) is 8.39. The molecule has 0 N–H and O–H groups in total. The smallest absolute Gasteiger partial charge is 0.182 e. The molecule has 5 aromatic rings. The summed E-state index contributed by atoms with van der Waals surface area (Å²) in [5, 5.41) is 4.47. The predicted molar refractivity (Wildman–Crippen MR) is 152 cm³/mol. The molecule has 3 aromatic carbocycles. The van der Waals surface area contributed by atoms with Gasteiger partial charge in [-0.15, -0.1) is 0 Å². The van der Waals surface area contributed by atoms with E-state index in [1.54, 1.807) is 11.3 Å². The number of benzene rings is 3. The average molecular weight is 492 g/mol. The molecule has 4 nitrogen and oxygen atoms in total. The zero-order valence-electron chi connectivity index (χ0n) is 21.0. The Morgan fingerprint density at radius 1 is 0.889 bits per heavy atom. The van der Waals surface area contributed by atoms with E-state index in [-0.39, 0.29) is 5.41 Å². The first kappa shape index (κ1) is 22.6. The lowest BCUT2D eigenvalue weighted by Gasteiger charge is -2.20. The summed E-state index contributed by atoms with van der Waals surface area (Å²) in [5.74, 6) is 0.834. The first-order chi connectivity index (χ1) is 17.3. The van der Waals surface area contributed by atoms with Crippen LogP contribution in [0.25, 0.3) is 32.1 Å². The highest BCUT2D eigenvalue weighted by Crippen LogP contribution is 2.44. The lowest BCUT2D eigenvalue weighted by molar-refractivity contribution is 0.490. The van der Waals surface area contributed by atoms with Gasteiger partial charge in [0.25, 0.3) is 0 Å². The fourth-order valence-electron chi connectivity index (χ4n) is 4.72. The van der Waals surface area contributed by atoms with Crippen LogP contribution >= 0.6 is 11.3 Å². The van der Waals surface area contributed by atoms with Crippen molar-refractivity contribution in [3.05, 3.63) is 97.0 Å². The van der Waals surface area contributed by atoms with Gasteiger partial charge in [0.05, 0.1) is 12.4 Å². The molecule has 0 unspecified atom stereocenters. The molecular formula is C31H29N3OS. The number of hydrogen-bond acceptors (Lipinski definition) is 5. The Bertz CT molecular complexity index is 1610. The van der Waals surface area contributed by atoms with Crippen molar-refractivity contribution >= 4 is 37.9 Å². The Hall–Kier alpha value is -3.83. The van der Waals surface area contributed by atoms with Crippen LogP contribution < -0.4 is 9.64 Å². The van der Waals surface area contributed by atoms with Crippen LogP contribution in [0.2, 0.25) is 0 Å². The Morgan fingerprint density at radius 3 is 2.56 bits per heavy atom. The summed E-state index contributed by atoms with van der Waals surface area (Å²) in [5.41, 5.74) is 4.61. The van der Waals surface area contributed by atoms with Gasteiger partial charge in [-0.25, -0.2) is 0 Å². The van der Waals surface area contributed by atoms with Gasteiger partial charge in [-0.05, 0) is 52.1 Å². The normalized spacial score (nSPS) is 13.8. The standard InChI is InChI=1S/C31H29N3OS/c1-31(2,3)22-12-13-32-27(17-22)30-25-11-6-5-8-21(25)16-28-26(30)19-29(36-28)35-24-10-7-9-23(18-24)34-15-14-33(4)20-34/h5-19H,20H2,1-4H3. The number of anilines is 1. The van der Waals surface area contributed by atoms with E-state index in [4.69, 9.17) is 9.72 Å². The third-order valence-corrected chi connectivity index (χ3v) is 7.61. The molecular weight excluding hydrogens is 462 g/mol. The van der Waals surface area contributed by atoms with Gasteiger partial charge in [-0.1, -0.05) is 62.4 Å². The molecule has 5 heteroatoms. The molecule has 1 aliphatic rings. The number of aromatic nitrogens is 1. The highest BCUT2D eigenvalue weighted by atomic mass is 32.1. The number of rotatable bonds is 4. The fourth-order valence-corrected chi connectivity index (χ4v) is 5.71. The molecule has 180 valence electrons. The third kappa shape index (κ3) is 4.20. The Morgan fingerprint density at radius 2 is 1.75 bits per heavy atom. The van der Waals surface area contributed by atoms with Gasteiger partial charge in [-0.2, -0.15) is 0 Å². The van der Waals surface area contributed by atoms with Crippen LogP contribution in [0.3, 0.4) is 0 Å². The second-order valence-corrected chi connectivity index (χ2v) is 11.4. The van der Waals surface area contributed by atoms with Gasteiger partial charge in [-0.3, -0.25) is 4.98 Å². The van der Waals surface area contributed by atoms with Crippen molar-refractivity contribution in [2.24, 2.45) is 0 Å². The van der Waals surface area contributed by atoms with Crippen LogP contribution in [0.5, 0.6) is 10.8 Å². The maximum atomic E-state index is 6.42. The first-order valence-corrected chi connectivity index (χ1v) is 13.0. The van der Waals surface area contributed by atoms with Crippen LogP contribution in [-0.2, 0) is 5.41 Å². The molecule has 0 saturated heterocycles. The van der Waals surface area contributed by atoms with Crippen LogP contribution in [0.4, 0.5) is 5.69 Å². The first-order valence-electron chi connectivity index (χ1n) is 12.2. The van der Waals surface area contributed by atoms with Gasteiger partial charge < -0.3 is 14.5 Å². The quantitative estimate of drug-likeness (QED) is 0.252. The third-order valence-electron chi connectivity index (χ3n) is 6.65. The SMILES string of the molecule is CN1C=CN(c2cccc(Oc3cc4c(-c5cc(C(C)(C)C)ccn5)c5ccccc5cc4s3)c2)C1. The summed E-state index contributed by atoms with van der Waals surface area (Å²) in [7, 11) is 2.07. The zero-order chi connectivity index (χ0) is 24.9. The molecule has 1 aliphatic heterocycles. The number of nitrogens with zero attached hydrogens (tertiary/aromatic N) is 3. The summed E-state index contributed by atoms with van der Waals surface area (Å²) in [6, 6.07) is 25.6. The Balaban J connectivity index is 1.44. The van der Waals surface area contributed by atoms with E-state index in [2.05, 4.69) is 111 Å². The summed E-state index contributed by atoms with van der Waals surface area (Å²) in [6.45, 7) is 7.56. The van der Waals surface area contributed by atoms with Gasteiger partial charge in [0, 0.05) is 59.1 Å². The minimum Gasteiger partial charge on any atom is -0.447 e. The van der Waals surface area contributed by atoms with E-state index in [9.17, 15) is 0 Å². The van der Waals surface area contributed by atoms with Crippen LogP contribution in [-0.4, -0.2) is 23.6 Å². The highest BCUT2D eigenvalue weighted by molar-refractivity contribution is 7.21. The molecule has 3 heterocycles. The molecule has 6 rings (SSSR count). The van der Waals surface area contributed by atoms with Crippen LogP contribution in [0.15, 0.2) is 91.4 Å². The van der Waals surface area contributed by atoms with Gasteiger partial charge in [0.15, 0.2) is 5.06 Å². The van der Waals surface area contributed by atoms with E-state index < -0.39 is 0 Å². The number of thiophene rings is 1. The molecule has 36 heavy (non-hydrogen) atoms. The van der Waals surface area contributed by atoms with Gasteiger partial charge in [0.1, 0.15) is 5.75 Å². The number of hydrogen-bond donors (Lipinski definition) is 0. The Kier molecular flexibility index (Phi) is 5.45. The van der Waals surface area contributed by atoms with E-state index in [1.807, 2.05) is 18.3 Å². The van der Waals surface area contributed by atoms with Crippen molar-refractivity contribution in [1.82, 2.24) is 9.88 Å². The van der Waals surface area contributed by atoms with Crippen molar-refractivity contribution in [3.63, 3.8) is 0 Å². The fraction of sp³-hybridized carbons (Fsp3) is 0.194. The van der Waals surface area contributed by atoms with E-state index >= 15 is 0 Å². The molecule has 0 radical (unpaired) electrons. The van der Waals surface area contributed by atoms with Crippen molar-refractivity contribution in [2.75, 3.05) is 18.6 Å². The number of pyridine rings is 1. The minimum absolute atomic E-state index is 0.0503. The molecule has 0 spiro atoms. The molecule has 2 aromatic heterocycles. The topological polar surface area (TPSA) is 28.6 Å². The van der Waals surface area contributed by atoms with Crippen molar-refractivity contribution in [3.8, 4) is 22.1 Å². The van der Waals surface area contributed by atoms with E-state index in [0.29, 0.717) is 0 Å². The minimum atomic E-state index is 0.0503. The molecule has 0 fully saturated rings. The summed E-state index contributed by atoms with van der Waals surface area (Å²) < 4.78 is 7.62. The summed E-state index contributed by atoms with van der Waals surface area (Å²) >= 11 is 1.68. The molecule has 0 amide bonds. The average Bonchev–Trinajstić information content (AvgIpc) is 3.47. The highest BCUT2D eigenvalue weighted by Gasteiger charge is 2.19. The van der Waals surface area contributed by atoms with Gasteiger partial charge in [0.2, 0.25) is 0 Å².